The molecular formula is C63H101N5O23. The molecule has 28 nitrogen and oxygen atoms in total. The van der Waals surface area contributed by atoms with Gasteiger partial charge >= 0.3 is 5.97 Å². The smallest absolute Gasteiger partial charge is 0.311 e. The van der Waals surface area contributed by atoms with E-state index < -0.39 is 83.2 Å². The summed E-state index contributed by atoms with van der Waals surface area (Å²) >= 11 is 0. The summed E-state index contributed by atoms with van der Waals surface area (Å²) in [4.78, 5) is 81.4. The van der Waals surface area contributed by atoms with E-state index in [9.17, 15) is 44.1 Å². The molecule has 0 aliphatic carbocycles. The number of hydrogen-bond acceptors (Lipinski definition) is 25. The van der Waals surface area contributed by atoms with Crippen molar-refractivity contribution in [3.05, 3.63) is 58.9 Å². The second-order valence-electron chi connectivity index (χ2n) is 23.1. The van der Waals surface area contributed by atoms with Gasteiger partial charge in [-0.15, -0.1) is 5.10 Å². The van der Waals surface area contributed by atoms with Crippen molar-refractivity contribution >= 4 is 35.3 Å². The number of ketones is 2. The van der Waals surface area contributed by atoms with Gasteiger partial charge in [0.1, 0.15) is 31.0 Å². The minimum absolute atomic E-state index is 0.0556. The Labute approximate surface area is 534 Å². The fraction of sp³-hybridized carbons (Fsp3) is 0.746. The van der Waals surface area contributed by atoms with Gasteiger partial charge in [0.15, 0.2) is 11.6 Å². The van der Waals surface area contributed by atoms with Crippen LogP contribution >= 0.6 is 0 Å². The van der Waals surface area contributed by atoms with Crippen LogP contribution in [0.15, 0.2) is 36.5 Å². The Balaban J connectivity index is 1.07. The molecule has 7 atom stereocenters. The topological polar surface area (TPSA) is 338 Å². The summed E-state index contributed by atoms with van der Waals surface area (Å²) in [5.74, 6) is -4.58. The SMILES string of the molecule is COCCOCCOCCOCCOCCOCCOCCOCCOCCOCCOCCOCCn1cc(CC(C(=O)C[C@H](C(=O)N[C@@H](C)C(=O)Cc2ccc(COC(=O)C(C)(C)C)c(CC[C@@H]3OC[C@@H](O)[C@H](O)[C@H]3O)c2)C(C)C)N2C(=O)C=CC2=O)nn1. The molecular weight excluding hydrogens is 1190 g/mol. The molecule has 1 unspecified atom stereocenters. The number of aliphatic hydroxyl groups is 3. The summed E-state index contributed by atoms with van der Waals surface area (Å²) in [6.07, 6.45) is -1.04. The lowest BCUT2D eigenvalue weighted by Crippen LogP contribution is -2.52. The highest BCUT2D eigenvalue weighted by atomic mass is 16.6. The zero-order valence-corrected chi connectivity index (χ0v) is 54.3. The molecule has 2 aromatic rings. The number of methoxy groups -OCH3 is 1. The number of nitrogens with one attached hydrogen (secondary N) is 1. The number of carbonyl (C=O) groups excluding carboxylic acids is 6. The van der Waals surface area contributed by atoms with Gasteiger partial charge < -0.3 is 87.0 Å². The number of Topliss-reactive ketones (excluding diaryl/α,β-unsaturated/α-hetero) is 2. The molecule has 2 aliphatic rings. The summed E-state index contributed by atoms with van der Waals surface area (Å²) < 4.78 is 78.3. The Kier molecular flexibility index (Phi) is 38.9. The first-order valence-corrected chi connectivity index (χ1v) is 31.4. The highest BCUT2D eigenvalue weighted by Crippen LogP contribution is 2.26. The number of aryl methyl sites for hydroxylation is 1. The quantitative estimate of drug-likeness (QED) is 0.0408. The van der Waals surface area contributed by atoms with Crippen LogP contribution in [0.5, 0.6) is 0 Å². The molecule has 1 fully saturated rings. The molecule has 91 heavy (non-hydrogen) atoms. The number of esters is 1. The molecule has 516 valence electrons. The second kappa shape index (κ2) is 45.3. The molecule has 28 heteroatoms. The molecule has 2 aliphatic heterocycles. The molecule has 0 spiro atoms. The van der Waals surface area contributed by atoms with Crippen molar-refractivity contribution in [3.8, 4) is 0 Å². The van der Waals surface area contributed by atoms with Crippen LogP contribution in [0.4, 0.5) is 0 Å². The number of amides is 3. The van der Waals surface area contributed by atoms with E-state index in [2.05, 4.69) is 15.6 Å². The fourth-order valence-corrected chi connectivity index (χ4v) is 9.09. The van der Waals surface area contributed by atoms with E-state index in [0.29, 0.717) is 181 Å². The van der Waals surface area contributed by atoms with Gasteiger partial charge in [0.25, 0.3) is 11.8 Å². The molecule has 0 bridgehead atoms. The van der Waals surface area contributed by atoms with Gasteiger partial charge in [-0.2, -0.15) is 0 Å². The van der Waals surface area contributed by atoms with Crippen LogP contribution in [0, 0.1) is 17.3 Å². The molecule has 0 saturated carbocycles. The van der Waals surface area contributed by atoms with Crippen LogP contribution in [0.3, 0.4) is 0 Å². The number of rotatable bonds is 53. The van der Waals surface area contributed by atoms with Crippen molar-refractivity contribution in [1.82, 2.24) is 25.2 Å². The number of ether oxygens (including phenoxy) is 14. The predicted octanol–water partition coefficient (Wildman–Crippen LogP) is 0.995. The van der Waals surface area contributed by atoms with Crippen molar-refractivity contribution in [1.29, 1.82) is 0 Å². The third-order valence-electron chi connectivity index (χ3n) is 14.5. The number of aromatic nitrogens is 3. The number of hydrogen-bond donors (Lipinski definition) is 4. The third-order valence-corrected chi connectivity index (χ3v) is 14.5. The first-order chi connectivity index (χ1) is 43.8. The van der Waals surface area contributed by atoms with Crippen molar-refractivity contribution in [3.63, 3.8) is 0 Å². The van der Waals surface area contributed by atoms with Crippen LogP contribution < -0.4 is 5.32 Å². The lowest BCUT2D eigenvalue weighted by atomic mass is 9.86. The summed E-state index contributed by atoms with van der Waals surface area (Å²) in [5.41, 5.74) is 1.53. The van der Waals surface area contributed by atoms with E-state index in [1.165, 1.54) is 4.68 Å². The zero-order chi connectivity index (χ0) is 66.2. The molecule has 4 rings (SSSR count). The summed E-state index contributed by atoms with van der Waals surface area (Å²) in [5, 5.41) is 41.9. The molecule has 1 saturated heterocycles. The number of benzene rings is 1. The van der Waals surface area contributed by atoms with Gasteiger partial charge in [-0.1, -0.05) is 37.3 Å². The third kappa shape index (κ3) is 31.6. The fourth-order valence-electron chi connectivity index (χ4n) is 9.09. The maximum absolute atomic E-state index is 14.2. The maximum atomic E-state index is 14.2. The molecule has 1 aromatic carbocycles. The first-order valence-electron chi connectivity index (χ1n) is 31.4. The zero-order valence-electron chi connectivity index (χ0n) is 54.3. The van der Waals surface area contributed by atoms with Gasteiger partial charge in [0.05, 0.1) is 188 Å². The lowest BCUT2D eigenvalue weighted by Gasteiger charge is -2.35. The first kappa shape index (κ1) is 78.3. The van der Waals surface area contributed by atoms with Crippen molar-refractivity contribution < 1.29 is 110 Å². The normalized spacial score (nSPS) is 17.9. The van der Waals surface area contributed by atoms with Gasteiger partial charge in [-0.25, -0.2) is 4.68 Å². The van der Waals surface area contributed by atoms with Gasteiger partial charge in [-0.05, 0) is 63.1 Å². The van der Waals surface area contributed by atoms with Crippen molar-refractivity contribution in [2.24, 2.45) is 17.3 Å². The highest BCUT2D eigenvalue weighted by Gasteiger charge is 2.40. The minimum Gasteiger partial charge on any atom is -0.460 e. The van der Waals surface area contributed by atoms with Gasteiger partial charge in [-0.3, -0.25) is 33.7 Å². The summed E-state index contributed by atoms with van der Waals surface area (Å²) in [6, 6.07) is 2.95. The monoisotopic (exact) mass is 1300 g/mol. The van der Waals surface area contributed by atoms with Crippen molar-refractivity contribution in [2.45, 2.75) is 123 Å². The lowest BCUT2D eigenvalue weighted by molar-refractivity contribution is -0.188. The van der Waals surface area contributed by atoms with E-state index in [1.54, 1.807) is 73.0 Å². The van der Waals surface area contributed by atoms with E-state index in [4.69, 9.17) is 66.3 Å². The molecule has 3 heterocycles. The summed E-state index contributed by atoms with van der Waals surface area (Å²) in [7, 11) is 1.63. The van der Waals surface area contributed by atoms with E-state index >= 15 is 0 Å². The number of imide groups is 1. The van der Waals surface area contributed by atoms with Gasteiger partial charge in [0, 0.05) is 50.6 Å². The second-order valence-corrected chi connectivity index (χ2v) is 23.1. The standard InChI is InChI=1S/C63H101N5O23/c1-45(2)51(61(76)64-46(3)53(69)39-47-8-9-49(43-91-62(77)63(4,5)6)48(38-47)10-11-56-60(75)59(74)55(71)44-90-56)41-54(70)52(68-57(72)12-13-58(68)73)40-50-42-67(66-65-50)14-15-79-18-19-81-22-23-83-26-27-85-30-31-87-34-35-89-37-36-88-33-32-86-29-28-84-25-24-82-21-20-80-17-16-78-7/h8-9,12-13,38,42,45-46,51-52,55-56,59-60,71,74-75H,10-11,14-37,39-41,43-44H2,1-7H3,(H,64,76)/t46-,51-,52?,55+,56-,59-,60-/m0/s1. The Morgan fingerprint density at radius 3 is 1.58 bits per heavy atom. The largest absolute Gasteiger partial charge is 0.460 e. The Hall–Kier alpha value is -5.12. The Morgan fingerprint density at radius 1 is 0.648 bits per heavy atom. The molecule has 4 N–H and O–H groups in total. The Morgan fingerprint density at radius 2 is 1.12 bits per heavy atom. The van der Waals surface area contributed by atoms with E-state index in [0.717, 1.165) is 17.1 Å². The van der Waals surface area contributed by atoms with Crippen LogP contribution in [0.2, 0.25) is 0 Å². The molecule has 0 radical (unpaired) electrons. The molecule has 1 aromatic heterocycles. The van der Waals surface area contributed by atoms with Crippen LogP contribution in [0.1, 0.15) is 76.8 Å². The number of aliphatic hydroxyl groups excluding tert-OH is 3. The summed E-state index contributed by atoms with van der Waals surface area (Å²) in [6.45, 7) is 20.6. The van der Waals surface area contributed by atoms with E-state index in [1.807, 2.05) is 0 Å². The van der Waals surface area contributed by atoms with Crippen LogP contribution in [-0.2, 0) is 127 Å². The average Bonchev–Trinajstić information content (AvgIpc) is 1.99. The Bertz CT molecular complexity index is 2420. The number of carbonyl (C=O) groups is 6. The predicted molar refractivity (Wildman–Crippen MR) is 325 cm³/mol. The average molecular weight is 1300 g/mol. The van der Waals surface area contributed by atoms with Gasteiger partial charge in [0.2, 0.25) is 5.91 Å². The van der Waals surface area contributed by atoms with Crippen LogP contribution in [0.25, 0.3) is 0 Å². The molecule has 3 amide bonds. The highest BCUT2D eigenvalue weighted by molar-refractivity contribution is 6.15. The minimum atomic E-state index is -1.38. The number of nitrogens with zero attached hydrogens (tertiary/aromatic N) is 4. The van der Waals surface area contributed by atoms with Crippen LogP contribution in [-0.4, -0.2) is 273 Å². The van der Waals surface area contributed by atoms with E-state index in [-0.39, 0.29) is 51.3 Å². The maximum Gasteiger partial charge on any atom is 0.311 e. The van der Waals surface area contributed by atoms with Crippen molar-refractivity contribution in [2.75, 3.05) is 166 Å².